The molecule has 0 spiro atoms. The molecule has 154 valence electrons. The van der Waals surface area contributed by atoms with Crippen LogP contribution in [0.15, 0.2) is 72.8 Å². The van der Waals surface area contributed by atoms with E-state index in [2.05, 4.69) is 16.0 Å². The van der Waals surface area contributed by atoms with Gasteiger partial charge in [0.05, 0.1) is 17.8 Å². The third-order valence-corrected chi connectivity index (χ3v) is 4.83. The highest BCUT2D eigenvalue weighted by atomic mass is 35.5. The van der Waals surface area contributed by atoms with E-state index in [1.807, 2.05) is 25.1 Å². The highest BCUT2D eigenvalue weighted by Gasteiger charge is 2.15. The lowest BCUT2D eigenvalue weighted by molar-refractivity contribution is -0.115. The van der Waals surface area contributed by atoms with Crippen molar-refractivity contribution in [2.24, 2.45) is 0 Å². The van der Waals surface area contributed by atoms with E-state index in [0.717, 1.165) is 5.56 Å². The second-order valence-corrected chi connectivity index (χ2v) is 7.09. The fraction of sp³-hybridized carbons (Fsp3) is 0.130. The van der Waals surface area contributed by atoms with Crippen LogP contribution in [0.3, 0.4) is 0 Å². The highest BCUT2D eigenvalue weighted by Crippen LogP contribution is 2.22. The molecule has 0 aromatic heterocycles. The molecule has 0 heterocycles. The van der Waals surface area contributed by atoms with E-state index in [-0.39, 0.29) is 24.3 Å². The molecule has 0 aliphatic carbocycles. The van der Waals surface area contributed by atoms with E-state index in [1.54, 1.807) is 30.3 Å². The summed E-state index contributed by atoms with van der Waals surface area (Å²) < 4.78 is 13.0. The number of benzene rings is 3. The summed E-state index contributed by atoms with van der Waals surface area (Å²) in [6.07, 6.45) is 0. The number of nitrogens with one attached hydrogen (secondary N) is 3. The molecule has 0 saturated carbocycles. The Balaban J connectivity index is 1.62. The van der Waals surface area contributed by atoms with E-state index in [0.29, 0.717) is 22.0 Å². The van der Waals surface area contributed by atoms with Gasteiger partial charge in [0.1, 0.15) is 5.82 Å². The highest BCUT2D eigenvalue weighted by molar-refractivity contribution is 6.31. The maximum Gasteiger partial charge on any atom is 0.257 e. The normalized spacial score (nSPS) is 11.6. The lowest BCUT2D eigenvalue weighted by Gasteiger charge is -2.16. The monoisotopic (exact) mass is 425 g/mol. The number of amides is 2. The largest absolute Gasteiger partial charge is 0.324 e. The van der Waals surface area contributed by atoms with Gasteiger partial charge in [-0.05, 0) is 55.0 Å². The Morgan fingerprint density at radius 2 is 1.60 bits per heavy atom. The number of rotatable bonds is 7. The molecule has 3 aromatic carbocycles. The topological polar surface area (TPSA) is 70.2 Å². The SMILES string of the molecule is CC(NCC(=O)Nc1ccccc1C(=O)Nc1ccc(F)cc1)c1ccccc1Cl. The van der Waals surface area contributed by atoms with Crippen LogP contribution in [0.2, 0.25) is 5.02 Å². The quantitative estimate of drug-likeness (QED) is 0.497. The van der Waals surface area contributed by atoms with E-state index in [4.69, 9.17) is 11.6 Å². The van der Waals surface area contributed by atoms with Crippen molar-refractivity contribution in [1.29, 1.82) is 0 Å². The third-order valence-electron chi connectivity index (χ3n) is 4.49. The van der Waals surface area contributed by atoms with Crippen LogP contribution in [0, 0.1) is 5.82 Å². The van der Waals surface area contributed by atoms with E-state index in [9.17, 15) is 14.0 Å². The lowest BCUT2D eigenvalue weighted by Crippen LogP contribution is -2.30. The van der Waals surface area contributed by atoms with E-state index in [1.165, 1.54) is 24.3 Å². The molecule has 0 fully saturated rings. The van der Waals surface area contributed by atoms with Crippen LogP contribution in [-0.4, -0.2) is 18.4 Å². The van der Waals surface area contributed by atoms with Crippen molar-refractivity contribution >= 4 is 34.8 Å². The Hall–Kier alpha value is -3.22. The minimum absolute atomic E-state index is 0.0420. The summed E-state index contributed by atoms with van der Waals surface area (Å²) in [4.78, 5) is 25.0. The first-order valence-electron chi connectivity index (χ1n) is 9.37. The van der Waals surface area contributed by atoms with Gasteiger partial charge in [-0.1, -0.05) is 41.9 Å². The second kappa shape index (κ2) is 10.0. The average Bonchev–Trinajstić information content (AvgIpc) is 2.74. The molecule has 0 aliphatic heterocycles. The summed E-state index contributed by atoms with van der Waals surface area (Å²) in [6, 6.07) is 19.4. The van der Waals surface area contributed by atoms with Crippen molar-refractivity contribution in [2.45, 2.75) is 13.0 Å². The van der Waals surface area contributed by atoms with Crippen LogP contribution in [0.25, 0.3) is 0 Å². The molecule has 3 rings (SSSR count). The molecule has 30 heavy (non-hydrogen) atoms. The zero-order valence-corrected chi connectivity index (χ0v) is 17.0. The molecule has 7 heteroatoms. The van der Waals surface area contributed by atoms with Crippen molar-refractivity contribution in [3.05, 3.63) is 94.8 Å². The molecular weight excluding hydrogens is 405 g/mol. The molecule has 1 unspecified atom stereocenters. The first-order valence-corrected chi connectivity index (χ1v) is 9.75. The van der Waals surface area contributed by atoms with Crippen molar-refractivity contribution in [1.82, 2.24) is 5.32 Å². The third kappa shape index (κ3) is 5.65. The van der Waals surface area contributed by atoms with Gasteiger partial charge in [-0.15, -0.1) is 0 Å². The fourth-order valence-electron chi connectivity index (χ4n) is 2.90. The summed E-state index contributed by atoms with van der Waals surface area (Å²) in [7, 11) is 0. The molecule has 0 bridgehead atoms. The van der Waals surface area contributed by atoms with Crippen LogP contribution in [0.1, 0.15) is 28.9 Å². The minimum atomic E-state index is -0.407. The number of para-hydroxylation sites is 1. The Morgan fingerprint density at radius 3 is 2.33 bits per heavy atom. The smallest absolute Gasteiger partial charge is 0.257 e. The van der Waals surface area contributed by atoms with Gasteiger partial charge in [-0.2, -0.15) is 0 Å². The standard InChI is InChI=1S/C23H21ClFN3O2/c1-15(18-6-2-4-8-20(18)24)26-14-22(29)28-21-9-5-3-7-19(21)23(30)27-17-12-10-16(25)11-13-17/h2-13,15,26H,14H2,1H3,(H,27,30)(H,28,29). The predicted octanol–water partition coefficient (Wildman–Crippen LogP) is 5.02. The molecule has 3 aromatic rings. The van der Waals surface area contributed by atoms with Gasteiger partial charge in [0.25, 0.3) is 5.91 Å². The summed E-state index contributed by atoms with van der Waals surface area (Å²) in [5.74, 6) is -1.09. The number of hydrogen-bond acceptors (Lipinski definition) is 3. The summed E-state index contributed by atoms with van der Waals surface area (Å²) in [5, 5.41) is 9.19. The molecule has 0 radical (unpaired) electrons. The minimum Gasteiger partial charge on any atom is -0.324 e. The van der Waals surface area contributed by atoms with Crippen molar-refractivity contribution < 1.29 is 14.0 Å². The predicted molar refractivity (Wildman–Crippen MR) is 117 cm³/mol. The molecule has 5 nitrogen and oxygen atoms in total. The van der Waals surface area contributed by atoms with Crippen molar-refractivity contribution in [3.8, 4) is 0 Å². The van der Waals surface area contributed by atoms with Crippen LogP contribution in [0.5, 0.6) is 0 Å². The van der Waals surface area contributed by atoms with Gasteiger partial charge < -0.3 is 16.0 Å². The second-order valence-electron chi connectivity index (χ2n) is 6.68. The fourth-order valence-corrected chi connectivity index (χ4v) is 3.20. The molecular formula is C23H21ClFN3O2. The summed E-state index contributed by atoms with van der Waals surface area (Å²) in [5.41, 5.74) is 2.03. The summed E-state index contributed by atoms with van der Waals surface area (Å²) in [6.45, 7) is 1.96. The lowest BCUT2D eigenvalue weighted by atomic mass is 10.1. The van der Waals surface area contributed by atoms with Gasteiger partial charge in [-0.25, -0.2) is 4.39 Å². The Labute approximate surface area is 179 Å². The van der Waals surface area contributed by atoms with Crippen molar-refractivity contribution in [3.63, 3.8) is 0 Å². The van der Waals surface area contributed by atoms with Gasteiger partial charge in [0.15, 0.2) is 0 Å². The Bertz CT molecular complexity index is 1040. The van der Waals surface area contributed by atoms with Gasteiger partial charge in [0, 0.05) is 16.8 Å². The number of carbonyl (C=O) groups excluding carboxylic acids is 2. The Kier molecular flexibility index (Phi) is 7.17. The molecule has 2 amide bonds. The van der Waals surface area contributed by atoms with Crippen molar-refractivity contribution in [2.75, 3.05) is 17.2 Å². The van der Waals surface area contributed by atoms with Crippen LogP contribution >= 0.6 is 11.6 Å². The van der Waals surface area contributed by atoms with Gasteiger partial charge in [0.2, 0.25) is 5.91 Å². The number of carbonyl (C=O) groups is 2. The first-order chi connectivity index (χ1) is 14.4. The van der Waals surface area contributed by atoms with Crippen LogP contribution in [0.4, 0.5) is 15.8 Å². The number of halogens is 2. The van der Waals surface area contributed by atoms with E-state index < -0.39 is 5.91 Å². The maximum absolute atomic E-state index is 13.0. The molecule has 0 aliphatic rings. The number of hydrogen-bond donors (Lipinski definition) is 3. The van der Waals surface area contributed by atoms with Gasteiger partial charge in [-0.3, -0.25) is 9.59 Å². The average molecular weight is 426 g/mol. The molecule has 3 N–H and O–H groups in total. The van der Waals surface area contributed by atoms with E-state index >= 15 is 0 Å². The zero-order valence-electron chi connectivity index (χ0n) is 16.3. The first kappa shape index (κ1) is 21.5. The molecule has 1 atom stereocenters. The summed E-state index contributed by atoms with van der Waals surface area (Å²) >= 11 is 6.19. The van der Waals surface area contributed by atoms with Crippen LogP contribution < -0.4 is 16.0 Å². The van der Waals surface area contributed by atoms with Gasteiger partial charge >= 0.3 is 0 Å². The maximum atomic E-state index is 13.0. The molecule has 0 saturated heterocycles. The van der Waals surface area contributed by atoms with Crippen LogP contribution in [-0.2, 0) is 4.79 Å². The Morgan fingerprint density at radius 1 is 0.933 bits per heavy atom. The zero-order chi connectivity index (χ0) is 21.5. The number of anilines is 2.